The van der Waals surface area contributed by atoms with Crippen molar-refractivity contribution in [2.24, 2.45) is 5.11 Å². The first-order chi connectivity index (χ1) is 26.3. The van der Waals surface area contributed by atoms with Gasteiger partial charge in [-0.15, -0.1) is 29.8 Å². The van der Waals surface area contributed by atoms with Crippen molar-refractivity contribution in [2.45, 2.75) is 71.4 Å². The molecule has 0 fully saturated rings. The molecule has 56 heavy (non-hydrogen) atoms. The van der Waals surface area contributed by atoms with Crippen LogP contribution in [0.3, 0.4) is 0 Å². The summed E-state index contributed by atoms with van der Waals surface area (Å²) < 4.78 is 7.98. The van der Waals surface area contributed by atoms with Gasteiger partial charge in [0.25, 0.3) is 0 Å². The number of ether oxygens (including phenoxy) is 1. The Balaban J connectivity index is 0.000000302. The Morgan fingerprint density at radius 3 is 2.14 bits per heavy atom. The average Bonchev–Trinajstić information content (AvgIpc) is 3.88. The molecule has 0 spiro atoms. The summed E-state index contributed by atoms with van der Waals surface area (Å²) in [4.78, 5) is 48.3. The Kier molecular flexibility index (Phi) is 19.2. The molecule has 3 aromatic heterocycles. The number of amides is 2. The largest absolute Gasteiger partial charge is 0.443 e. The fraction of sp³-hybridized carbons (Fsp3) is 0.324. The number of carbonyl (C=O) groups is 3. The third-order valence-electron chi connectivity index (χ3n) is 6.94. The van der Waals surface area contributed by atoms with Crippen molar-refractivity contribution in [1.29, 1.82) is 0 Å². The standard InChI is InChI=1S/C16H19N7O.C13H19N3O2.C8H8N4O.ClH/c17-16-18-9-13(20-16)7-4-8-14-10-23(22-21-14)11-15(24)19-12-5-2-1-3-6-12;1-5-6-7-8-10-9-16(11(14)15-10)12(17)18-13(2,3)4;9-12-10-6-8(13)11-7-4-2-1-3-5-7;/h1-3,5-6,9-10H,4,7-8,11H2,(H,19,24)(H3,17,18,20);1,9H,6-8H2,2-4H3,(H2,14,15);1-5H,6H2,(H,11,13);1H. The van der Waals surface area contributed by atoms with Gasteiger partial charge >= 0.3 is 6.09 Å². The number of H-pyrrole nitrogens is 1. The van der Waals surface area contributed by atoms with E-state index in [0.717, 1.165) is 48.5 Å². The number of aromatic amines is 1. The van der Waals surface area contributed by atoms with Crippen LogP contribution < -0.4 is 22.1 Å². The van der Waals surface area contributed by atoms with E-state index in [1.807, 2.05) is 48.5 Å². The van der Waals surface area contributed by atoms with E-state index >= 15 is 0 Å². The number of carbonyl (C=O) groups excluding carboxylic acids is 3. The van der Waals surface area contributed by atoms with Crippen LogP contribution in [-0.4, -0.2) is 64.6 Å². The van der Waals surface area contributed by atoms with Gasteiger partial charge in [0.1, 0.15) is 18.7 Å². The highest BCUT2D eigenvalue weighted by Gasteiger charge is 2.20. The molecule has 0 aliphatic heterocycles. The summed E-state index contributed by atoms with van der Waals surface area (Å²) in [6.07, 6.45) is 14.5. The van der Waals surface area contributed by atoms with E-state index < -0.39 is 11.7 Å². The van der Waals surface area contributed by atoms with E-state index in [1.165, 1.54) is 4.57 Å². The lowest BCUT2D eigenvalue weighted by Gasteiger charge is -2.19. The summed E-state index contributed by atoms with van der Waals surface area (Å²) in [6.45, 7) is 5.36. The molecule has 0 aliphatic carbocycles. The van der Waals surface area contributed by atoms with Crippen molar-refractivity contribution < 1.29 is 19.1 Å². The fourth-order valence-electron chi connectivity index (χ4n) is 4.58. The zero-order chi connectivity index (χ0) is 40.1. The minimum absolute atomic E-state index is 0. The first-order valence-electron chi connectivity index (χ1n) is 17.2. The van der Waals surface area contributed by atoms with Crippen LogP contribution in [0.4, 0.5) is 28.1 Å². The number of unbranched alkanes of at least 4 members (excludes halogenated alkanes) is 1. The highest BCUT2D eigenvalue weighted by atomic mass is 35.5. The second kappa shape index (κ2) is 23.8. The lowest BCUT2D eigenvalue weighted by Crippen LogP contribution is -2.27. The van der Waals surface area contributed by atoms with Crippen LogP contribution in [0.1, 0.15) is 57.1 Å². The third kappa shape index (κ3) is 17.8. The van der Waals surface area contributed by atoms with Crippen molar-refractivity contribution in [2.75, 3.05) is 28.6 Å². The first kappa shape index (κ1) is 45.3. The summed E-state index contributed by atoms with van der Waals surface area (Å²) >= 11 is 0. The molecule has 0 radical (unpaired) electrons. The maximum atomic E-state index is 12.0. The lowest BCUT2D eigenvalue weighted by atomic mass is 10.2. The molecule has 0 bridgehead atoms. The number of nitrogens with one attached hydrogen (secondary N) is 3. The topological polar surface area (TPSA) is 263 Å². The number of para-hydroxylation sites is 2. The molecule has 2 amide bonds. The number of benzene rings is 2. The molecule has 296 valence electrons. The number of terminal acetylenes is 1. The van der Waals surface area contributed by atoms with Gasteiger partial charge in [-0.25, -0.2) is 24.0 Å². The molecule has 0 unspecified atom stereocenters. The summed E-state index contributed by atoms with van der Waals surface area (Å²) in [7, 11) is 0. The van der Waals surface area contributed by atoms with Crippen LogP contribution in [0.2, 0.25) is 0 Å². The molecule has 7 N–H and O–H groups in total. The smallest absolute Gasteiger partial charge is 0.421 e. The highest BCUT2D eigenvalue weighted by Crippen LogP contribution is 2.14. The Hall–Kier alpha value is -6.83. The number of anilines is 4. The molecule has 5 rings (SSSR count). The Morgan fingerprint density at radius 1 is 0.946 bits per heavy atom. The number of aromatic nitrogens is 7. The monoisotopic (exact) mass is 786 g/mol. The number of rotatable bonds is 13. The summed E-state index contributed by atoms with van der Waals surface area (Å²) in [5, 5.41) is 16.6. The van der Waals surface area contributed by atoms with Crippen LogP contribution in [0.15, 0.2) is 84.4 Å². The first-order valence-corrected chi connectivity index (χ1v) is 17.2. The predicted molar refractivity (Wildman–Crippen MR) is 216 cm³/mol. The number of imidazole rings is 2. The Bertz CT molecular complexity index is 2040. The van der Waals surface area contributed by atoms with Gasteiger partial charge in [0.2, 0.25) is 17.8 Å². The van der Waals surface area contributed by atoms with Gasteiger partial charge in [-0.1, -0.05) is 46.7 Å². The molecular weight excluding hydrogens is 740 g/mol. The van der Waals surface area contributed by atoms with Gasteiger partial charge in [0, 0.05) is 40.8 Å². The summed E-state index contributed by atoms with van der Waals surface area (Å²) in [6, 6.07) is 18.3. The van der Waals surface area contributed by atoms with Gasteiger partial charge in [-0.3, -0.25) is 9.59 Å². The maximum Gasteiger partial charge on any atom is 0.421 e. The molecule has 5 aromatic rings. The number of hydrogen-bond donors (Lipinski definition) is 5. The van der Waals surface area contributed by atoms with E-state index in [2.05, 4.69) is 51.8 Å². The van der Waals surface area contributed by atoms with Crippen molar-refractivity contribution in [1.82, 2.24) is 34.5 Å². The molecule has 19 heteroatoms. The number of halogens is 1. The molecule has 2 aromatic carbocycles. The highest BCUT2D eigenvalue weighted by molar-refractivity contribution is 5.92. The van der Waals surface area contributed by atoms with E-state index in [-0.39, 0.29) is 43.3 Å². The summed E-state index contributed by atoms with van der Waals surface area (Å²) in [5.41, 5.74) is 22.7. The van der Waals surface area contributed by atoms with Gasteiger partial charge in [0.05, 0.1) is 17.6 Å². The number of aryl methyl sites for hydroxylation is 3. The minimum atomic E-state index is -0.558. The van der Waals surface area contributed by atoms with Gasteiger partial charge in [-0.2, -0.15) is 0 Å². The molecule has 0 saturated heterocycles. The maximum absolute atomic E-state index is 12.0. The number of nitrogens with two attached hydrogens (primary N) is 2. The van der Waals surface area contributed by atoms with Crippen LogP contribution in [0.25, 0.3) is 10.4 Å². The van der Waals surface area contributed by atoms with Crippen LogP contribution >= 0.6 is 12.4 Å². The molecule has 3 heterocycles. The summed E-state index contributed by atoms with van der Waals surface area (Å²) in [5.74, 6) is 2.68. The van der Waals surface area contributed by atoms with Crippen LogP contribution in [-0.2, 0) is 40.1 Å². The van der Waals surface area contributed by atoms with Gasteiger partial charge in [-0.05, 0) is 82.7 Å². The molecule has 0 saturated carbocycles. The molecule has 0 aliphatic rings. The molecule has 0 atom stereocenters. The van der Waals surface area contributed by atoms with E-state index in [4.69, 9.17) is 28.2 Å². The zero-order valence-electron chi connectivity index (χ0n) is 31.5. The van der Waals surface area contributed by atoms with Crippen LogP contribution in [0, 0.1) is 12.3 Å². The Morgan fingerprint density at radius 2 is 1.57 bits per heavy atom. The SMILES string of the molecule is C#CCCCc1cn(C(=O)OC(C)(C)C)c(N)n1.Cl.Nc1ncc(CCCc2cn(CC(=O)Nc3ccccc3)nn2)[nH]1.[N-]=[N+]=NCC(=O)Nc1ccccc1. The average molecular weight is 787 g/mol. The van der Waals surface area contributed by atoms with Gasteiger partial charge < -0.3 is 31.8 Å². The van der Waals surface area contributed by atoms with Crippen molar-refractivity contribution in [3.8, 4) is 12.3 Å². The van der Waals surface area contributed by atoms with Crippen molar-refractivity contribution >= 4 is 53.6 Å². The number of nitrogen functional groups attached to an aromatic ring is 2. The third-order valence-corrected chi connectivity index (χ3v) is 6.94. The fourth-order valence-corrected chi connectivity index (χ4v) is 4.58. The number of azide groups is 1. The second-order valence-electron chi connectivity index (χ2n) is 12.8. The van der Waals surface area contributed by atoms with Crippen molar-refractivity contribution in [3.63, 3.8) is 0 Å². The lowest BCUT2D eigenvalue weighted by molar-refractivity contribution is -0.117. The number of hydrogen-bond acceptors (Lipinski definition) is 11. The molecule has 18 nitrogen and oxygen atoms in total. The second-order valence-corrected chi connectivity index (χ2v) is 12.8. The quantitative estimate of drug-likeness (QED) is 0.0307. The predicted octanol–water partition coefficient (Wildman–Crippen LogP) is 5.96. The van der Waals surface area contributed by atoms with Crippen LogP contribution in [0.5, 0.6) is 0 Å². The van der Waals surface area contributed by atoms with E-state index in [0.29, 0.717) is 24.5 Å². The normalized spacial score (nSPS) is 10.1. The Labute approximate surface area is 330 Å². The zero-order valence-corrected chi connectivity index (χ0v) is 32.3. The molecular formula is C37H47ClN14O4. The van der Waals surface area contributed by atoms with Gasteiger partial charge in [0.15, 0.2) is 5.95 Å². The van der Waals surface area contributed by atoms with Crippen molar-refractivity contribution in [3.05, 3.63) is 107 Å². The van der Waals surface area contributed by atoms with E-state index in [1.54, 1.807) is 56.2 Å². The minimum Gasteiger partial charge on any atom is -0.443 e. The number of nitrogens with zero attached hydrogens (tertiary/aromatic N) is 9. The van der Waals surface area contributed by atoms with E-state index in [9.17, 15) is 14.4 Å².